The lowest BCUT2D eigenvalue weighted by molar-refractivity contribution is -0.149. The smallest absolute Gasteiger partial charge is 0.310 e. The molecule has 1 saturated heterocycles. The minimum absolute atomic E-state index is 0.0166. The molecule has 16 heavy (non-hydrogen) atoms. The van der Waals surface area contributed by atoms with Crippen LogP contribution in [0.2, 0.25) is 0 Å². The lowest BCUT2D eigenvalue weighted by atomic mass is 9.98. The van der Waals surface area contributed by atoms with Gasteiger partial charge in [-0.3, -0.25) is 4.79 Å². The van der Waals surface area contributed by atoms with Crippen molar-refractivity contribution in [3.05, 3.63) is 0 Å². The third kappa shape index (κ3) is 4.49. The van der Waals surface area contributed by atoms with Crippen LogP contribution in [0.4, 0.5) is 0 Å². The highest BCUT2D eigenvalue weighted by Gasteiger charge is 2.26. The van der Waals surface area contributed by atoms with Crippen molar-refractivity contribution >= 4 is 5.97 Å². The van der Waals surface area contributed by atoms with Crippen LogP contribution in [0.3, 0.4) is 0 Å². The summed E-state index contributed by atoms with van der Waals surface area (Å²) in [6, 6.07) is 0. The Morgan fingerprint density at radius 1 is 1.50 bits per heavy atom. The second kappa shape index (κ2) is 6.86. The van der Waals surface area contributed by atoms with Gasteiger partial charge in [-0.1, -0.05) is 0 Å². The number of hydrogen-bond donors (Lipinski definition) is 0. The van der Waals surface area contributed by atoms with Gasteiger partial charge in [-0.2, -0.15) is 0 Å². The average molecular weight is 228 g/mol. The van der Waals surface area contributed by atoms with Crippen molar-refractivity contribution in [3.63, 3.8) is 0 Å². The van der Waals surface area contributed by atoms with Crippen molar-refractivity contribution in [2.24, 2.45) is 5.92 Å². The number of rotatable bonds is 5. The molecule has 0 aromatic heterocycles. The summed E-state index contributed by atoms with van der Waals surface area (Å²) in [5, 5.41) is 0. The van der Waals surface area contributed by atoms with Gasteiger partial charge in [0.1, 0.15) is 0 Å². The van der Waals surface area contributed by atoms with Gasteiger partial charge in [-0.15, -0.1) is 0 Å². The number of likely N-dealkylation sites (N-methyl/N-ethyl adjacent to an activating group) is 1. The van der Waals surface area contributed by atoms with E-state index in [1.54, 1.807) is 0 Å². The fourth-order valence-corrected chi connectivity index (χ4v) is 2.05. The Labute approximate surface area is 98.5 Å². The molecular weight excluding hydrogens is 204 g/mol. The van der Waals surface area contributed by atoms with Crippen LogP contribution in [0, 0.1) is 5.92 Å². The Bertz CT molecular complexity index is 219. The predicted octanol–water partition coefficient (Wildman–Crippen LogP) is 0.823. The molecule has 0 amide bonds. The minimum atomic E-state index is -0.0166. The maximum absolute atomic E-state index is 11.6. The summed E-state index contributed by atoms with van der Waals surface area (Å²) in [7, 11) is 4.15. The van der Waals surface area contributed by atoms with E-state index in [0.29, 0.717) is 6.61 Å². The van der Waals surface area contributed by atoms with Crippen LogP contribution in [-0.2, 0) is 9.53 Å². The number of carbonyl (C=O) groups is 1. The number of nitrogens with zero attached hydrogens (tertiary/aromatic N) is 2. The first-order valence-corrected chi connectivity index (χ1v) is 6.17. The molecule has 0 N–H and O–H groups in total. The average Bonchev–Trinajstić information content (AvgIpc) is 2.27. The predicted molar refractivity (Wildman–Crippen MR) is 64.4 cm³/mol. The number of ether oxygens (including phenoxy) is 1. The Morgan fingerprint density at radius 2 is 2.25 bits per heavy atom. The molecule has 1 heterocycles. The maximum atomic E-state index is 11.6. The molecular formula is C12H24N2O2. The van der Waals surface area contributed by atoms with E-state index in [-0.39, 0.29) is 11.9 Å². The van der Waals surface area contributed by atoms with E-state index in [1.165, 1.54) is 0 Å². The zero-order chi connectivity index (χ0) is 12.0. The van der Waals surface area contributed by atoms with E-state index in [1.807, 2.05) is 6.92 Å². The van der Waals surface area contributed by atoms with E-state index in [2.05, 4.69) is 23.9 Å². The second-order valence-corrected chi connectivity index (χ2v) is 4.70. The highest BCUT2D eigenvalue weighted by Crippen LogP contribution is 2.17. The molecule has 0 aromatic rings. The molecule has 1 aliphatic heterocycles. The first kappa shape index (κ1) is 13.5. The van der Waals surface area contributed by atoms with Crippen LogP contribution in [-0.4, -0.2) is 62.7 Å². The van der Waals surface area contributed by atoms with E-state index in [4.69, 9.17) is 4.74 Å². The van der Waals surface area contributed by atoms with Gasteiger partial charge in [0, 0.05) is 19.6 Å². The highest BCUT2D eigenvalue weighted by atomic mass is 16.5. The molecule has 0 bridgehead atoms. The monoisotopic (exact) mass is 228 g/mol. The second-order valence-electron chi connectivity index (χ2n) is 4.70. The maximum Gasteiger partial charge on any atom is 0.310 e. The lowest BCUT2D eigenvalue weighted by Crippen LogP contribution is -2.42. The standard InChI is InChI=1S/C12H24N2O2/c1-4-16-12(15)11-6-5-7-14(10-11)9-8-13(2)3/h11H,4-10H2,1-3H3/t11-/m1/s1. The van der Waals surface area contributed by atoms with E-state index in [0.717, 1.165) is 39.0 Å². The van der Waals surface area contributed by atoms with Crippen LogP contribution in [0.25, 0.3) is 0 Å². The van der Waals surface area contributed by atoms with Gasteiger partial charge in [0.05, 0.1) is 12.5 Å². The third-order valence-electron chi connectivity index (χ3n) is 2.99. The largest absolute Gasteiger partial charge is 0.466 e. The molecule has 1 fully saturated rings. The zero-order valence-corrected chi connectivity index (χ0v) is 10.7. The van der Waals surface area contributed by atoms with Crippen molar-refractivity contribution in [1.82, 2.24) is 9.80 Å². The van der Waals surface area contributed by atoms with Gasteiger partial charge in [-0.05, 0) is 40.4 Å². The first-order valence-electron chi connectivity index (χ1n) is 6.17. The highest BCUT2D eigenvalue weighted by molar-refractivity contribution is 5.72. The van der Waals surface area contributed by atoms with Crippen molar-refractivity contribution in [1.29, 1.82) is 0 Å². The van der Waals surface area contributed by atoms with Crippen molar-refractivity contribution in [2.45, 2.75) is 19.8 Å². The van der Waals surface area contributed by atoms with Crippen LogP contribution in [0.15, 0.2) is 0 Å². The molecule has 0 spiro atoms. The van der Waals surface area contributed by atoms with Crippen LogP contribution >= 0.6 is 0 Å². The van der Waals surface area contributed by atoms with Gasteiger partial charge in [-0.25, -0.2) is 0 Å². The van der Waals surface area contributed by atoms with E-state index >= 15 is 0 Å². The summed E-state index contributed by atoms with van der Waals surface area (Å²) >= 11 is 0. The SMILES string of the molecule is CCOC(=O)[C@@H]1CCCN(CCN(C)C)C1. The van der Waals surface area contributed by atoms with Gasteiger partial charge in [0.25, 0.3) is 0 Å². The van der Waals surface area contributed by atoms with Gasteiger partial charge >= 0.3 is 5.97 Å². The number of carbonyl (C=O) groups excluding carboxylic acids is 1. The summed E-state index contributed by atoms with van der Waals surface area (Å²) in [5.41, 5.74) is 0. The van der Waals surface area contributed by atoms with E-state index < -0.39 is 0 Å². The Morgan fingerprint density at radius 3 is 2.88 bits per heavy atom. The minimum Gasteiger partial charge on any atom is -0.466 e. The molecule has 4 heteroatoms. The Hall–Kier alpha value is -0.610. The summed E-state index contributed by atoms with van der Waals surface area (Å²) in [6.07, 6.45) is 2.09. The number of piperidine rings is 1. The topological polar surface area (TPSA) is 32.8 Å². The summed E-state index contributed by atoms with van der Waals surface area (Å²) < 4.78 is 5.08. The number of hydrogen-bond acceptors (Lipinski definition) is 4. The van der Waals surface area contributed by atoms with Crippen molar-refractivity contribution < 1.29 is 9.53 Å². The van der Waals surface area contributed by atoms with Gasteiger partial charge < -0.3 is 14.5 Å². The molecule has 1 aliphatic rings. The fourth-order valence-electron chi connectivity index (χ4n) is 2.05. The Kier molecular flexibility index (Phi) is 5.77. The summed E-state index contributed by atoms with van der Waals surface area (Å²) in [6.45, 7) is 6.44. The lowest BCUT2D eigenvalue weighted by Gasteiger charge is -2.32. The number of likely N-dealkylation sites (tertiary alicyclic amines) is 1. The van der Waals surface area contributed by atoms with Gasteiger partial charge in [0.15, 0.2) is 0 Å². The van der Waals surface area contributed by atoms with E-state index in [9.17, 15) is 4.79 Å². The first-order chi connectivity index (χ1) is 7.63. The molecule has 0 saturated carbocycles. The van der Waals surface area contributed by atoms with Crippen molar-refractivity contribution in [3.8, 4) is 0 Å². The molecule has 0 aliphatic carbocycles. The summed E-state index contributed by atoms with van der Waals surface area (Å²) in [4.78, 5) is 16.2. The third-order valence-corrected chi connectivity index (χ3v) is 2.99. The fraction of sp³-hybridized carbons (Fsp3) is 0.917. The molecule has 1 rings (SSSR count). The van der Waals surface area contributed by atoms with Crippen LogP contribution in [0.1, 0.15) is 19.8 Å². The Balaban J connectivity index is 2.32. The van der Waals surface area contributed by atoms with Crippen LogP contribution in [0.5, 0.6) is 0 Å². The molecule has 1 atom stereocenters. The zero-order valence-electron chi connectivity index (χ0n) is 10.7. The number of esters is 1. The van der Waals surface area contributed by atoms with Crippen LogP contribution < -0.4 is 0 Å². The normalized spacial score (nSPS) is 22.4. The molecule has 0 aromatic carbocycles. The molecule has 0 radical (unpaired) electrons. The molecule has 94 valence electrons. The molecule has 4 nitrogen and oxygen atoms in total. The quantitative estimate of drug-likeness (QED) is 0.652. The van der Waals surface area contributed by atoms with Crippen molar-refractivity contribution in [2.75, 3.05) is 46.9 Å². The molecule has 0 unspecified atom stereocenters. The van der Waals surface area contributed by atoms with Gasteiger partial charge in [0.2, 0.25) is 0 Å². The summed E-state index contributed by atoms with van der Waals surface area (Å²) in [5.74, 6) is 0.0768.